The number of guanidine groups is 1. The average molecular weight is 338 g/mol. The maximum Gasteiger partial charge on any atom is 0.194 e. The third-order valence-electron chi connectivity index (χ3n) is 5.15. The number of aromatic nitrogens is 3. The molecule has 0 saturated carbocycles. The maximum absolute atomic E-state index is 4.85. The Morgan fingerprint density at radius 3 is 2.96 bits per heavy atom. The van der Waals surface area contributed by atoms with Gasteiger partial charge in [0.1, 0.15) is 12.4 Å². The van der Waals surface area contributed by atoms with Gasteiger partial charge >= 0.3 is 0 Å². The molecule has 0 spiro atoms. The maximum atomic E-state index is 4.85. The van der Waals surface area contributed by atoms with Crippen LogP contribution in [-0.2, 0) is 19.5 Å². The number of aliphatic imine (C=N–C) groups is 1. The van der Waals surface area contributed by atoms with Gasteiger partial charge in [0.25, 0.3) is 0 Å². The fourth-order valence-corrected chi connectivity index (χ4v) is 3.85. The molecule has 0 radical (unpaired) electrons. The second kappa shape index (κ2) is 7.25. The van der Waals surface area contributed by atoms with E-state index in [0.29, 0.717) is 12.5 Å². The van der Waals surface area contributed by atoms with Crippen LogP contribution in [0.25, 0.3) is 0 Å². The molecule has 1 aromatic heterocycles. The van der Waals surface area contributed by atoms with Crippen molar-refractivity contribution < 1.29 is 0 Å². The Kier molecular flexibility index (Phi) is 4.68. The van der Waals surface area contributed by atoms with E-state index in [9.17, 15) is 0 Å². The highest BCUT2D eigenvalue weighted by molar-refractivity contribution is 5.80. The molecule has 1 atom stereocenters. The quantitative estimate of drug-likeness (QED) is 0.686. The van der Waals surface area contributed by atoms with Gasteiger partial charge < -0.3 is 14.8 Å². The van der Waals surface area contributed by atoms with E-state index < -0.39 is 0 Å². The van der Waals surface area contributed by atoms with Gasteiger partial charge in [0, 0.05) is 38.5 Å². The SMILES string of the molecule is CCNC(=NCc1nnc2n1CCC2)N1CCC(c2ccccc2)C1. The van der Waals surface area contributed by atoms with Gasteiger partial charge in [0.2, 0.25) is 0 Å². The van der Waals surface area contributed by atoms with Gasteiger partial charge in [-0.15, -0.1) is 10.2 Å². The molecular weight excluding hydrogens is 312 g/mol. The molecule has 1 saturated heterocycles. The van der Waals surface area contributed by atoms with Gasteiger partial charge in [-0.2, -0.15) is 0 Å². The van der Waals surface area contributed by atoms with Gasteiger partial charge in [-0.05, 0) is 25.3 Å². The number of likely N-dealkylation sites (tertiary alicyclic amines) is 1. The third kappa shape index (κ3) is 3.38. The Bertz CT molecular complexity index is 736. The van der Waals surface area contributed by atoms with Crippen LogP contribution in [0.1, 0.15) is 42.9 Å². The lowest BCUT2D eigenvalue weighted by Gasteiger charge is -2.21. The lowest BCUT2D eigenvalue weighted by atomic mass is 9.99. The van der Waals surface area contributed by atoms with Crippen molar-refractivity contribution in [2.75, 3.05) is 19.6 Å². The zero-order valence-electron chi connectivity index (χ0n) is 14.9. The van der Waals surface area contributed by atoms with E-state index in [4.69, 9.17) is 4.99 Å². The summed E-state index contributed by atoms with van der Waals surface area (Å²) in [7, 11) is 0. The van der Waals surface area contributed by atoms with E-state index in [1.165, 1.54) is 18.4 Å². The molecule has 1 N–H and O–H groups in total. The normalized spacial score (nSPS) is 20.1. The molecule has 25 heavy (non-hydrogen) atoms. The number of benzene rings is 1. The second-order valence-electron chi connectivity index (χ2n) is 6.80. The lowest BCUT2D eigenvalue weighted by Crippen LogP contribution is -2.40. The number of fused-ring (bicyclic) bond motifs is 1. The molecule has 3 heterocycles. The number of hydrogen-bond acceptors (Lipinski definition) is 3. The number of rotatable bonds is 4. The topological polar surface area (TPSA) is 58.3 Å². The van der Waals surface area contributed by atoms with Crippen LogP contribution in [0.2, 0.25) is 0 Å². The Labute approximate surface area is 149 Å². The molecule has 0 aliphatic carbocycles. The molecule has 1 fully saturated rings. The average Bonchev–Trinajstić information content (AvgIpc) is 3.37. The van der Waals surface area contributed by atoms with Gasteiger partial charge in [-0.3, -0.25) is 0 Å². The molecule has 1 unspecified atom stereocenters. The van der Waals surface area contributed by atoms with E-state index in [1.54, 1.807) is 0 Å². The smallest absolute Gasteiger partial charge is 0.194 e. The van der Waals surface area contributed by atoms with Crippen LogP contribution >= 0.6 is 0 Å². The summed E-state index contributed by atoms with van der Waals surface area (Å²) in [6.45, 7) is 6.70. The summed E-state index contributed by atoms with van der Waals surface area (Å²) in [6.07, 6.45) is 3.39. The second-order valence-corrected chi connectivity index (χ2v) is 6.80. The highest BCUT2D eigenvalue weighted by Crippen LogP contribution is 2.27. The van der Waals surface area contributed by atoms with E-state index in [1.807, 2.05) is 0 Å². The Balaban J connectivity index is 1.45. The van der Waals surface area contributed by atoms with Crippen LogP contribution in [0.4, 0.5) is 0 Å². The highest BCUT2D eigenvalue weighted by atomic mass is 15.3. The number of hydrogen-bond donors (Lipinski definition) is 1. The Morgan fingerprint density at radius 2 is 2.12 bits per heavy atom. The van der Waals surface area contributed by atoms with Gasteiger partial charge in [-0.25, -0.2) is 4.99 Å². The lowest BCUT2D eigenvalue weighted by molar-refractivity contribution is 0.485. The number of aryl methyl sites for hydroxylation is 1. The minimum Gasteiger partial charge on any atom is -0.357 e. The van der Waals surface area contributed by atoms with Crippen molar-refractivity contribution in [2.45, 2.75) is 45.2 Å². The van der Waals surface area contributed by atoms with E-state index >= 15 is 0 Å². The van der Waals surface area contributed by atoms with Crippen LogP contribution in [0, 0.1) is 0 Å². The van der Waals surface area contributed by atoms with Crippen molar-refractivity contribution in [3.8, 4) is 0 Å². The fourth-order valence-electron chi connectivity index (χ4n) is 3.85. The predicted molar refractivity (Wildman–Crippen MR) is 98.5 cm³/mol. The zero-order chi connectivity index (χ0) is 17.1. The van der Waals surface area contributed by atoms with Crippen LogP contribution in [0.5, 0.6) is 0 Å². The Hall–Kier alpha value is -2.37. The summed E-state index contributed by atoms with van der Waals surface area (Å²) < 4.78 is 2.23. The summed E-state index contributed by atoms with van der Waals surface area (Å²) in [5.74, 6) is 3.68. The largest absolute Gasteiger partial charge is 0.357 e. The van der Waals surface area contributed by atoms with Crippen LogP contribution in [0.15, 0.2) is 35.3 Å². The summed E-state index contributed by atoms with van der Waals surface area (Å²) >= 11 is 0. The first-order valence-corrected chi connectivity index (χ1v) is 9.34. The summed E-state index contributed by atoms with van der Waals surface area (Å²) in [6, 6.07) is 10.8. The van der Waals surface area contributed by atoms with Gasteiger partial charge in [0.15, 0.2) is 11.8 Å². The van der Waals surface area contributed by atoms with E-state index in [2.05, 4.69) is 62.2 Å². The van der Waals surface area contributed by atoms with Gasteiger partial charge in [0.05, 0.1) is 0 Å². The van der Waals surface area contributed by atoms with Crippen molar-refractivity contribution in [1.82, 2.24) is 25.0 Å². The minimum absolute atomic E-state index is 0.586. The van der Waals surface area contributed by atoms with E-state index in [-0.39, 0.29) is 0 Å². The molecule has 1 aromatic carbocycles. The molecule has 0 amide bonds. The molecule has 2 aromatic rings. The molecule has 0 bridgehead atoms. The monoisotopic (exact) mass is 338 g/mol. The number of nitrogens with zero attached hydrogens (tertiary/aromatic N) is 5. The molecule has 6 nitrogen and oxygen atoms in total. The summed E-state index contributed by atoms with van der Waals surface area (Å²) in [4.78, 5) is 7.23. The van der Waals surface area contributed by atoms with Gasteiger partial charge in [-0.1, -0.05) is 30.3 Å². The van der Waals surface area contributed by atoms with Crippen molar-refractivity contribution >= 4 is 5.96 Å². The predicted octanol–water partition coefficient (Wildman–Crippen LogP) is 2.18. The molecule has 2 aliphatic rings. The summed E-state index contributed by atoms with van der Waals surface area (Å²) in [5.41, 5.74) is 1.43. The first kappa shape index (κ1) is 16.1. The fraction of sp³-hybridized carbons (Fsp3) is 0.526. The standard InChI is InChI=1S/C19H26N6/c1-2-20-19(21-13-18-23-22-17-9-6-11-25(17)18)24-12-10-16(14-24)15-7-4-3-5-8-15/h3-5,7-8,16H,2,6,9-14H2,1H3,(H,20,21). The molecule has 132 valence electrons. The van der Waals surface area contributed by atoms with Crippen LogP contribution in [-0.4, -0.2) is 45.3 Å². The van der Waals surface area contributed by atoms with Crippen molar-refractivity contribution in [3.63, 3.8) is 0 Å². The molecule has 6 heteroatoms. The van der Waals surface area contributed by atoms with Crippen molar-refractivity contribution in [3.05, 3.63) is 47.5 Å². The molecule has 2 aliphatic heterocycles. The van der Waals surface area contributed by atoms with Crippen molar-refractivity contribution in [2.24, 2.45) is 4.99 Å². The Morgan fingerprint density at radius 1 is 1.24 bits per heavy atom. The minimum atomic E-state index is 0.586. The first-order chi connectivity index (χ1) is 12.3. The van der Waals surface area contributed by atoms with Crippen LogP contribution in [0.3, 0.4) is 0 Å². The van der Waals surface area contributed by atoms with E-state index in [0.717, 1.165) is 50.2 Å². The van der Waals surface area contributed by atoms with Crippen LogP contribution < -0.4 is 5.32 Å². The number of nitrogens with one attached hydrogen (secondary N) is 1. The molecule has 4 rings (SSSR count). The van der Waals surface area contributed by atoms with Crippen molar-refractivity contribution in [1.29, 1.82) is 0 Å². The molecular formula is C19H26N6. The first-order valence-electron chi connectivity index (χ1n) is 9.34. The summed E-state index contributed by atoms with van der Waals surface area (Å²) in [5, 5.41) is 12.0. The highest BCUT2D eigenvalue weighted by Gasteiger charge is 2.26. The zero-order valence-corrected chi connectivity index (χ0v) is 14.9. The third-order valence-corrected chi connectivity index (χ3v) is 5.15.